The molecule has 0 saturated carbocycles. The van der Waals surface area contributed by atoms with Gasteiger partial charge in [-0.1, -0.05) is 0 Å². The van der Waals surface area contributed by atoms with Gasteiger partial charge in [0, 0.05) is 49.1 Å². The van der Waals surface area contributed by atoms with Crippen LogP contribution >= 0.6 is 0 Å². The average molecular weight is 256 g/mol. The molecule has 19 heavy (non-hydrogen) atoms. The van der Waals surface area contributed by atoms with Crippen LogP contribution in [-0.2, 0) is 4.74 Å². The zero-order valence-corrected chi connectivity index (χ0v) is 10.7. The van der Waals surface area contributed by atoms with E-state index in [1.807, 2.05) is 0 Å². The fourth-order valence-electron chi connectivity index (χ4n) is 1.67. The molecule has 0 N–H and O–H groups in total. The topological polar surface area (TPSA) is 52.1 Å². The Morgan fingerprint density at radius 1 is 0.947 bits per heavy atom. The van der Waals surface area contributed by atoms with Gasteiger partial charge in [0.15, 0.2) is 5.78 Å². The standard InChI is InChI=1S/C11H8N2O.C4H8O/c14-11(9-3-1-5-12-7-9)10-4-2-6-13-8-10;1-2-4-5-3-1/h1-8H;1-4H2. The van der Waals surface area contributed by atoms with E-state index >= 15 is 0 Å². The molecule has 98 valence electrons. The minimum atomic E-state index is -0.0498. The molecule has 0 bridgehead atoms. The summed E-state index contributed by atoms with van der Waals surface area (Å²) < 4.78 is 4.94. The van der Waals surface area contributed by atoms with Crippen LogP contribution in [0.4, 0.5) is 0 Å². The van der Waals surface area contributed by atoms with Crippen LogP contribution in [0.5, 0.6) is 0 Å². The van der Waals surface area contributed by atoms with Crippen LogP contribution in [0.15, 0.2) is 49.1 Å². The lowest BCUT2D eigenvalue weighted by Gasteiger charge is -1.98. The van der Waals surface area contributed by atoms with Crippen molar-refractivity contribution in [2.75, 3.05) is 13.2 Å². The van der Waals surface area contributed by atoms with Crippen LogP contribution in [0.2, 0.25) is 0 Å². The van der Waals surface area contributed by atoms with Crippen molar-refractivity contribution in [2.45, 2.75) is 12.8 Å². The van der Waals surface area contributed by atoms with Crippen LogP contribution in [0.3, 0.4) is 0 Å². The maximum absolute atomic E-state index is 11.8. The third-order valence-corrected chi connectivity index (χ3v) is 2.67. The maximum Gasteiger partial charge on any atom is 0.196 e. The van der Waals surface area contributed by atoms with Crippen LogP contribution in [0.1, 0.15) is 28.8 Å². The summed E-state index contributed by atoms with van der Waals surface area (Å²) in [6.45, 7) is 2.00. The van der Waals surface area contributed by atoms with Crippen LogP contribution in [0, 0.1) is 0 Å². The summed E-state index contributed by atoms with van der Waals surface area (Å²) in [5.74, 6) is -0.0498. The van der Waals surface area contributed by atoms with Crippen molar-refractivity contribution in [3.8, 4) is 0 Å². The molecule has 1 aliphatic rings. The highest BCUT2D eigenvalue weighted by Gasteiger charge is 2.07. The SMILES string of the molecule is C1CCOC1.O=C(c1cccnc1)c1cccnc1. The van der Waals surface area contributed by atoms with E-state index in [-0.39, 0.29) is 5.78 Å². The number of hydrogen-bond donors (Lipinski definition) is 0. The van der Waals surface area contributed by atoms with Crippen molar-refractivity contribution in [1.82, 2.24) is 9.97 Å². The first-order valence-corrected chi connectivity index (χ1v) is 6.30. The summed E-state index contributed by atoms with van der Waals surface area (Å²) in [4.78, 5) is 19.5. The number of rotatable bonds is 2. The Labute approximate surface area is 112 Å². The van der Waals surface area contributed by atoms with E-state index in [1.165, 1.54) is 12.8 Å². The predicted molar refractivity (Wildman–Crippen MR) is 72.0 cm³/mol. The first kappa shape index (κ1) is 13.4. The smallest absolute Gasteiger partial charge is 0.196 e. The maximum atomic E-state index is 11.8. The molecule has 0 unspecified atom stereocenters. The molecule has 0 aliphatic carbocycles. The van der Waals surface area contributed by atoms with E-state index in [9.17, 15) is 4.79 Å². The highest BCUT2D eigenvalue weighted by Crippen LogP contribution is 2.06. The highest BCUT2D eigenvalue weighted by atomic mass is 16.5. The average Bonchev–Trinajstić information content (AvgIpc) is 3.08. The van der Waals surface area contributed by atoms with Crippen LogP contribution in [-0.4, -0.2) is 29.0 Å². The zero-order valence-electron chi connectivity index (χ0n) is 10.7. The Bertz CT molecular complexity index is 447. The van der Waals surface area contributed by atoms with Gasteiger partial charge in [0.25, 0.3) is 0 Å². The molecule has 0 atom stereocenters. The molecule has 4 nitrogen and oxygen atoms in total. The number of pyridine rings is 2. The Hall–Kier alpha value is -2.07. The van der Waals surface area contributed by atoms with Gasteiger partial charge in [-0.15, -0.1) is 0 Å². The second-order valence-electron chi connectivity index (χ2n) is 4.13. The Morgan fingerprint density at radius 2 is 1.47 bits per heavy atom. The number of nitrogens with zero attached hydrogens (tertiary/aromatic N) is 2. The molecule has 1 fully saturated rings. The highest BCUT2D eigenvalue weighted by molar-refractivity contribution is 6.08. The van der Waals surface area contributed by atoms with Gasteiger partial charge in [-0.2, -0.15) is 0 Å². The number of carbonyl (C=O) groups is 1. The summed E-state index contributed by atoms with van der Waals surface area (Å²) in [6.07, 6.45) is 8.94. The summed E-state index contributed by atoms with van der Waals surface area (Å²) in [5, 5.41) is 0. The predicted octanol–water partition coefficient (Wildman–Crippen LogP) is 2.50. The van der Waals surface area contributed by atoms with E-state index in [0.29, 0.717) is 11.1 Å². The third-order valence-electron chi connectivity index (χ3n) is 2.67. The van der Waals surface area contributed by atoms with Crippen LogP contribution in [0.25, 0.3) is 0 Å². The molecule has 1 aliphatic heterocycles. The fraction of sp³-hybridized carbons (Fsp3) is 0.267. The first-order chi connectivity index (χ1) is 9.38. The van der Waals surface area contributed by atoms with Gasteiger partial charge in [0.2, 0.25) is 0 Å². The second kappa shape index (κ2) is 7.38. The number of ketones is 1. The summed E-state index contributed by atoms with van der Waals surface area (Å²) >= 11 is 0. The quantitative estimate of drug-likeness (QED) is 0.775. The number of ether oxygens (including phenoxy) is 1. The molecule has 3 rings (SSSR count). The molecule has 0 aromatic carbocycles. The molecule has 0 amide bonds. The number of carbonyl (C=O) groups excluding carboxylic acids is 1. The third kappa shape index (κ3) is 4.26. The van der Waals surface area contributed by atoms with Gasteiger partial charge in [-0.3, -0.25) is 14.8 Å². The van der Waals surface area contributed by atoms with Gasteiger partial charge in [0.1, 0.15) is 0 Å². The van der Waals surface area contributed by atoms with E-state index < -0.39 is 0 Å². The lowest BCUT2D eigenvalue weighted by molar-refractivity contribution is 0.103. The van der Waals surface area contributed by atoms with Crippen LogP contribution < -0.4 is 0 Å². The molecule has 1 saturated heterocycles. The molecule has 4 heteroatoms. The monoisotopic (exact) mass is 256 g/mol. The molecular formula is C15H16N2O2. The Morgan fingerprint density at radius 3 is 1.79 bits per heavy atom. The molecular weight excluding hydrogens is 240 g/mol. The molecule has 3 heterocycles. The Kier molecular flexibility index (Phi) is 5.19. The van der Waals surface area contributed by atoms with E-state index in [2.05, 4.69) is 9.97 Å². The molecule has 0 spiro atoms. The van der Waals surface area contributed by atoms with E-state index in [0.717, 1.165) is 13.2 Å². The van der Waals surface area contributed by atoms with Crippen molar-refractivity contribution in [2.24, 2.45) is 0 Å². The normalized spacial score (nSPS) is 13.5. The Balaban J connectivity index is 0.000000224. The van der Waals surface area contributed by atoms with Gasteiger partial charge in [-0.05, 0) is 37.1 Å². The lowest BCUT2D eigenvalue weighted by atomic mass is 10.1. The molecule has 2 aromatic heterocycles. The second-order valence-corrected chi connectivity index (χ2v) is 4.13. The molecule has 2 aromatic rings. The van der Waals surface area contributed by atoms with Crippen molar-refractivity contribution in [3.63, 3.8) is 0 Å². The van der Waals surface area contributed by atoms with Gasteiger partial charge in [-0.25, -0.2) is 0 Å². The van der Waals surface area contributed by atoms with Crippen molar-refractivity contribution in [3.05, 3.63) is 60.2 Å². The zero-order chi connectivity index (χ0) is 13.3. The first-order valence-electron chi connectivity index (χ1n) is 6.30. The van der Waals surface area contributed by atoms with Gasteiger partial charge >= 0.3 is 0 Å². The van der Waals surface area contributed by atoms with Gasteiger partial charge in [0.05, 0.1) is 0 Å². The van der Waals surface area contributed by atoms with Crippen molar-refractivity contribution >= 4 is 5.78 Å². The minimum Gasteiger partial charge on any atom is -0.381 e. The largest absolute Gasteiger partial charge is 0.381 e. The summed E-state index contributed by atoms with van der Waals surface area (Å²) in [7, 11) is 0. The lowest BCUT2D eigenvalue weighted by Crippen LogP contribution is -2.01. The van der Waals surface area contributed by atoms with Gasteiger partial charge < -0.3 is 4.74 Å². The minimum absolute atomic E-state index is 0.0498. The molecule has 0 radical (unpaired) electrons. The fourth-order valence-corrected chi connectivity index (χ4v) is 1.67. The van der Waals surface area contributed by atoms with E-state index in [4.69, 9.17) is 4.74 Å². The number of aromatic nitrogens is 2. The summed E-state index contributed by atoms with van der Waals surface area (Å²) in [6, 6.07) is 6.96. The summed E-state index contributed by atoms with van der Waals surface area (Å²) in [5.41, 5.74) is 1.17. The van der Waals surface area contributed by atoms with E-state index in [1.54, 1.807) is 49.1 Å². The van der Waals surface area contributed by atoms with Crippen molar-refractivity contribution < 1.29 is 9.53 Å². The van der Waals surface area contributed by atoms with Crippen molar-refractivity contribution in [1.29, 1.82) is 0 Å². The number of hydrogen-bond acceptors (Lipinski definition) is 4.